The van der Waals surface area contributed by atoms with Crippen molar-refractivity contribution in [2.45, 2.75) is 21.8 Å². The molecule has 0 saturated carbocycles. The largest absolute Gasteiger partial charge is 0.476 e. The van der Waals surface area contributed by atoms with Crippen LogP contribution < -0.4 is 0 Å². The number of carbonyl (C=O) groups is 2. The predicted octanol–water partition coefficient (Wildman–Crippen LogP) is 5.08. The maximum atomic E-state index is 12.9. The zero-order valence-electron chi connectivity index (χ0n) is 14.3. The molecule has 0 atom stereocenters. The van der Waals surface area contributed by atoms with Gasteiger partial charge in [0.2, 0.25) is 0 Å². The van der Waals surface area contributed by atoms with Gasteiger partial charge in [-0.1, -0.05) is 25.2 Å². The molecular weight excluding hydrogens is 402 g/mol. The lowest BCUT2D eigenvalue weighted by Crippen LogP contribution is -2.05. The van der Waals surface area contributed by atoms with E-state index in [0.717, 1.165) is 6.07 Å². The molecule has 2 aromatic heterocycles. The van der Waals surface area contributed by atoms with Gasteiger partial charge in [0.1, 0.15) is 11.6 Å². The monoisotopic (exact) mass is 422 g/mol. The fourth-order valence-electron chi connectivity index (χ4n) is 2.32. The molecule has 4 aromatic rings. The summed E-state index contributed by atoms with van der Waals surface area (Å²) in [5, 5.41) is 16.0. The van der Waals surface area contributed by atoms with E-state index >= 15 is 0 Å². The summed E-state index contributed by atoms with van der Waals surface area (Å²) >= 11 is 0. The standard InChI is InChI=1S/C10H8FNO3.C8H4FNO3.2CH4/c1-2-14-10(13)9-7-5-6(11)3-4-8(7)15-12-9;9-4-1-2-6-5(3-4)7(8(11)12)10-13-6;;/h3-5H,2H2,1H3;1-3H,(H,11,12);2*1H4. The van der Waals surface area contributed by atoms with Crippen LogP contribution in [0.5, 0.6) is 0 Å². The van der Waals surface area contributed by atoms with Gasteiger partial charge in [0.25, 0.3) is 0 Å². The smallest absolute Gasteiger partial charge is 0.361 e. The molecule has 0 spiro atoms. The second-order valence-electron chi connectivity index (χ2n) is 5.37. The van der Waals surface area contributed by atoms with Gasteiger partial charge in [0.15, 0.2) is 22.6 Å². The van der Waals surface area contributed by atoms with Crippen LogP contribution in [-0.2, 0) is 4.74 Å². The topological polar surface area (TPSA) is 116 Å². The number of benzene rings is 2. The van der Waals surface area contributed by atoms with Crippen LogP contribution in [0, 0.1) is 11.6 Å². The molecule has 0 saturated heterocycles. The Morgan fingerprint density at radius 2 is 1.40 bits per heavy atom. The van der Waals surface area contributed by atoms with Crippen molar-refractivity contribution in [1.82, 2.24) is 10.3 Å². The normalized spacial score (nSPS) is 9.83. The number of rotatable bonds is 3. The third-order valence-electron chi connectivity index (χ3n) is 3.54. The van der Waals surface area contributed by atoms with E-state index in [1.165, 1.54) is 30.3 Å². The summed E-state index contributed by atoms with van der Waals surface area (Å²) in [6.45, 7) is 1.92. The maximum Gasteiger partial charge on any atom is 0.361 e. The van der Waals surface area contributed by atoms with Crippen LogP contribution in [0.15, 0.2) is 45.4 Å². The Labute approximate surface area is 170 Å². The molecule has 8 nitrogen and oxygen atoms in total. The van der Waals surface area contributed by atoms with Gasteiger partial charge in [-0.25, -0.2) is 18.4 Å². The van der Waals surface area contributed by atoms with Gasteiger partial charge in [-0.15, -0.1) is 0 Å². The quantitative estimate of drug-likeness (QED) is 0.454. The number of aromatic nitrogens is 2. The lowest BCUT2D eigenvalue weighted by molar-refractivity contribution is 0.0516. The number of carboxylic acids is 1. The van der Waals surface area contributed by atoms with Crippen molar-refractivity contribution in [1.29, 1.82) is 0 Å². The molecule has 0 fully saturated rings. The Hall–Kier alpha value is -3.82. The third-order valence-corrected chi connectivity index (χ3v) is 3.54. The molecule has 0 unspecified atom stereocenters. The van der Waals surface area contributed by atoms with E-state index in [4.69, 9.17) is 14.4 Å². The Balaban J connectivity index is 0.000000284. The highest BCUT2D eigenvalue weighted by Gasteiger charge is 2.17. The molecule has 2 heterocycles. The van der Waals surface area contributed by atoms with E-state index < -0.39 is 23.6 Å². The van der Waals surface area contributed by atoms with Crippen molar-refractivity contribution in [3.8, 4) is 0 Å². The molecule has 0 radical (unpaired) electrons. The van der Waals surface area contributed by atoms with Crippen LogP contribution in [0.3, 0.4) is 0 Å². The molecule has 0 bridgehead atoms. The van der Waals surface area contributed by atoms with Gasteiger partial charge in [0.05, 0.1) is 17.4 Å². The van der Waals surface area contributed by atoms with Gasteiger partial charge < -0.3 is 18.9 Å². The van der Waals surface area contributed by atoms with Crippen molar-refractivity contribution in [3.63, 3.8) is 0 Å². The molecule has 0 aliphatic rings. The molecule has 0 aliphatic heterocycles. The van der Waals surface area contributed by atoms with Gasteiger partial charge in [-0.2, -0.15) is 0 Å². The number of carboxylic acid groups (broad SMARTS) is 1. The summed E-state index contributed by atoms with van der Waals surface area (Å²) in [6.07, 6.45) is 0. The number of ether oxygens (including phenoxy) is 1. The van der Waals surface area contributed by atoms with Gasteiger partial charge >= 0.3 is 11.9 Å². The van der Waals surface area contributed by atoms with Crippen LogP contribution in [0.1, 0.15) is 42.8 Å². The lowest BCUT2D eigenvalue weighted by Gasteiger charge is -1.96. The minimum Gasteiger partial charge on any atom is -0.476 e. The van der Waals surface area contributed by atoms with Gasteiger partial charge in [0, 0.05) is 0 Å². The molecule has 30 heavy (non-hydrogen) atoms. The zero-order valence-corrected chi connectivity index (χ0v) is 14.3. The number of carbonyl (C=O) groups excluding carboxylic acids is 1. The van der Waals surface area contributed by atoms with Crippen LogP contribution in [-0.4, -0.2) is 34.0 Å². The Morgan fingerprint density at radius 3 is 1.87 bits per heavy atom. The zero-order chi connectivity index (χ0) is 20.3. The summed E-state index contributed by atoms with van der Waals surface area (Å²) in [4.78, 5) is 21.9. The first-order chi connectivity index (χ1) is 13.4. The first kappa shape index (κ1) is 24.2. The number of aromatic carboxylic acids is 1. The van der Waals surface area contributed by atoms with Crippen molar-refractivity contribution in [2.75, 3.05) is 6.61 Å². The van der Waals surface area contributed by atoms with Gasteiger partial charge in [-0.05, 0) is 43.3 Å². The summed E-state index contributed by atoms with van der Waals surface area (Å²) in [5.41, 5.74) is 0.360. The average Bonchev–Trinajstić information content (AvgIpc) is 3.25. The summed E-state index contributed by atoms with van der Waals surface area (Å²) in [6, 6.07) is 7.44. The Bertz CT molecular complexity index is 1170. The molecule has 4 rings (SSSR count). The van der Waals surface area contributed by atoms with Crippen molar-refractivity contribution < 1.29 is 37.3 Å². The first-order valence-electron chi connectivity index (χ1n) is 7.91. The SMILES string of the molecule is C.C.CCOC(=O)c1noc2ccc(F)cc12.O=C(O)c1noc2ccc(F)cc12. The molecule has 160 valence electrons. The summed E-state index contributed by atoms with van der Waals surface area (Å²) < 4.78 is 39.9. The highest BCUT2D eigenvalue weighted by molar-refractivity contribution is 6.01. The van der Waals surface area contributed by atoms with E-state index in [1.54, 1.807) is 6.92 Å². The summed E-state index contributed by atoms with van der Waals surface area (Å²) in [7, 11) is 0. The second-order valence-corrected chi connectivity index (χ2v) is 5.37. The minimum atomic E-state index is -1.23. The van der Waals surface area contributed by atoms with Crippen molar-refractivity contribution in [3.05, 3.63) is 59.4 Å². The fourth-order valence-corrected chi connectivity index (χ4v) is 2.32. The van der Waals surface area contributed by atoms with Crippen LogP contribution in [0.2, 0.25) is 0 Å². The predicted molar refractivity (Wildman–Crippen MR) is 104 cm³/mol. The van der Waals surface area contributed by atoms with Crippen LogP contribution >= 0.6 is 0 Å². The van der Waals surface area contributed by atoms with E-state index in [0.29, 0.717) is 11.0 Å². The van der Waals surface area contributed by atoms with E-state index in [2.05, 4.69) is 14.8 Å². The maximum absolute atomic E-state index is 12.9. The molecule has 2 aromatic carbocycles. The highest BCUT2D eigenvalue weighted by Crippen LogP contribution is 2.20. The van der Waals surface area contributed by atoms with E-state index in [-0.39, 0.29) is 43.8 Å². The number of hydrogen-bond donors (Lipinski definition) is 1. The number of fused-ring (bicyclic) bond motifs is 2. The van der Waals surface area contributed by atoms with Crippen LogP contribution in [0.4, 0.5) is 8.78 Å². The molecule has 1 N–H and O–H groups in total. The minimum absolute atomic E-state index is 0. The van der Waals surface area contributed by atoms with Crippen molar-refractivity contribution in [2.24, 2.45) is 0 Å². The molecule has 0 aliphatic carbocycles. The van der Waals surface area contributed by atoms with Crippen molar-refractivity contribution >= 4 is 33.9 Å². The van der Waals surface area contributed by atoms with Crippen LogP contribution in [0.25, 0.3) is 21.9 Å². The van der Waals surface area contributed by atoms with E-state index in [9.17, 15) is 18.4 Å². The second kappa shape index (κ2) is 10.1. The first-order valence-corrected chi connectivity index (χ1v) is 7.91. The molecule has 10 heteroatoms. The Kier molecular flexibility index (Phi) is 8.15. The molecule has 0 amide bonds. The van der Waals surface area contributed by atoms with Gasteiger partial charge in [-0.3, -0.25) is 0 Å². The lowest BCUT2D eigenvalue weighted by atomic mass is 10.2. The summed E-state index contributed by atoms with van der Waals surface area (Å²) in [5.74, 6) is -2.80. The number of esters is 1. The number of hydrogen-bond acceptors (Lipinski definition) is 7. The fraction of sp³-hybridized carbons (Fsp3) is 0.200. The third kappa shape index (κ3) is 4.96. The highest BCUT2D eigenvalue weighted by atomic mass is 19.1. The van der Waals surface area contributed by atoms with E-state index in [1.807, 2.05) is 0 Å². The average molecular weight is 422 g/mol. The number of halogens is 2. The molecular formula is C20H20F2N2O6. The number of nitrogens with zero attached hydrogens (tertiary/aromatic N) is 2. The Morgan fingerprint density at radius 1 is 0.933 bits per heavy atom.